The van der Waals surface area contributed by atoms with Gasteiger partial charge in [-0.05, 0) is 25.1 Å². The number of non-ortho nitro benzene ring substituents is 1. The second kappa shape index (κ2) is 6.84. The van der Waals surface area contributed by atoms with Crippen molar-refractivity contribution in [2.45, 2.75) is 19.6 Å². The number of fused-ring (bicyclic) bond motifs is 2. The molecule has 1 amide bonds. The second-order valence-electron chi connectivity index (χ2n) is 5.85. The van der Waals surface area contributed by atoms with Gasteiger partial charge in [0, 0.05) is 18.7 Å². The quantitative estimate of drug-likeness (QED) is 0.510. The van der Waals surface area contributed by atoms with E-state index in [-0.39, 0.29) is 12.3 Å². The largest absolute Gasteiger partial charge is 0.485 e. The van der Waals surface area contributed by atoms with Gasteiger partial charge in [0.2, 0.25) is 6.10 Å². The van der Waals surface area contributed by atoms with E-state index < -0.39 is 16.9 Å². The number of hydrogen-bond donors (Lipinski definition) is 0. The minimum absolute atomic E-state index is 0.00509. The standard InChI is InChI=1S/C18H15N3O5S/c1-2-20-12-8-7-11(21(23)24)9-16(12)27-18(20)19-17(22)15-10-25-13-5-3-4-6-14(13)26-15/h3-9,15H,2,10H2,1H3/t15-/m1/s1. The third-order valence-electron chi connectivity index (χ3n) is 4.18. The van der Waals surface area contributed by atoms with Gasteiger partial charge < -0.3 is 14.0 Å². The van der Waals surface area contributed by atoms with Crippen LogP contribution >= 0.6 is 11.3 Å². The highest BCUT2D eigenvalue weighted by atomic mass is 32.1. The lowest BCUT2D eigenvalue weighted by Gasteiger charge is -2.23. The van der Waals surface area contributed by atoms with Crippen molar-refractivity contribution in [3.05, 3.63) is 57.4 Å². The first kappa shape index (κ1) is 17.2. The zero-order chi connectivity index (χ0) is 19.0. The van der Waals surface area contributed by atoms with Gasteiger partial charge in [0.15, 0.2) is 16.3 Å². The van der Waals surface area contributed by atoms with Crippen LogP contribution in [0.25, 0.3) is 10.2 Å². The maximum atomic E-state index is 12.6. The molecule has 0 saturated heterocycles. The predicted molar refractivity (Wildman–Crippen MR) is 99.1 cm³/mol. The molecule has 0 radical (unpaired) electrons. The Morgan fingerprint density at radius 1 is 1.33 bits per heavy atom. The predicted octanol–water partition coefficient (Wildman–Crippen LogP) is 2.90. The normalized spacial score (nSPS) is 16.5. The van der Waals surface area contributed by atoms with Gasteiger partial charge in [0.25, 0.3) is 11.6 Å². The van der Waals surface area contributed by atoms with E-state index in [0.29, 0.717) is 27.5 Å². The summed E-state index contributed by atoms with van der Waals surface area (Å²) in [6.07, 6.45) is -0.829. The molecule has 0 saturated carbocycles. The Morgan fingerprint density at radius 3 is 2.85 bits per heavy atom. The summed E-state index contributed by atoms with van der Waals surface area (Å²) in [5, 5.41) is 11.0. The molecule has 27 heavy (non-hydrogen) atoms. The molecule has 1 aliphatic rings. The number of benzene rings is 2. The monoisotopic (exact) mass is 385 g/mol. The minimum Gasteiger partial charge on any atom is -0.485 e. The summed E-state index contributed by atoms with van der Waals surface area (Å²) in [6.45, 7) is 2.59. The van der Waals surface area contributed by atoms with E-state index in [9.17, 15) is 14.9 Å². The molecule has 0 bridgehead atoms. The van der Waals surface area contributed by atoms with Crippen molar-refractivity contribution in [2.24, 2.45) is 4.99 Å². The van der Waals surface area contributed by atoms with Gasteiger partial charge in [-0.15, -0.1) is 0 Å². The number of aromatic nitrogens is 1. The molecule has 4 rings (SSSR count). The molecular formula is C18H15N3O5S. The molecule has 0 spiro atoms. The topological polar surface area (TPSA) is 96.0 Å². The van der Waals surface area contributed by atoms with Gasteiger partial charge in [0.05, 0.1) is 15.1 Å². The maximum absolute atomic E-state index is 12.6. The first-order valence-corrected chi connectivity index (χ1v) is 9.13. The fourth-order valence-corrected chi connectivity index (χ4v) is 4.01. The molecule has 8 nitrogen and oxygen atoms in total. The summed E-state index contributed by atoms with van der Waals surface area (Å²) in [5.41, 5.74) is 0.802. The van der Waals surface area contributed by atoms with E-state index in [0.717, 1.165) is 5.52 Å². The van der Waals surface area contributed by atoms with E-state index in [2.05, 4.69) is 4.99 Å². The molecule has 0 aliphatic carbocycles. The first-order chi connectivity index (χ1) is 13.1. The number of carbonyl (C=O) groups excluding carboxylic acids is 1. The summed E-state index contributed by atoms with van der Waals surface area (Å²) in [4.78, 5) is 27.8. The van der Waals surface area contributed by atoms with Crippen molar-refractivity contribution in [1.82, 2.24) is 4.57 Å². The third-order valence-corrected chi connectivity index (χ3v) is 5.22. The van der Waals surface area contributed by atoms with Gasteiger partial charge in [-0.2, -0.15) is 4.99 Å². The fraction of sp³-hybridized carbons (Fsp3) is 0.222. The lowest BCUT2D eigenvalue weighted by molar-refractivity contribution is -0.384. The van der Waals surface area contributed by atoms with Crippen molar-refractivity contribution < 1.29 is 19.2 Å². The number of nitrogens with zero attached hydrogens (tertiary/aromatic N) is 3. The Hall–Kier alpha value is -3.20. The van der Waals surface area contributed by atoms with Crippen LogP contribution in [0.1, 0.15) is 6.92 Å². The molecule has 1 aliphatic heterocycles. The Morgan fingerprint density at radius 2 is 2.11 bits per heavy atom. The van der Waals surface area contributed by atoms with Gasteiger partial charge in [-0.1, -0.05) is 23.5 Å². The Bertz CT molecular complexity index is 1120. The first-order valence-electron chi connectivity index (χ1n) is 8.31. The zero-order valence-electron chi connectivity index (χ0n) is 14.3. The summed E-state index contributed by atoms with van der Waals surface area (Å²) >= 11 is 1.23. The number of nitro groups is 1. The lowest BCUT2D eigenvalue weighted by atomic mass is 10.2. The van der Waals surface area contributed by atoms with Crippen molar-refractivity contribution in [3.8, 4) is 11.5 Å². The molecule has 138 valence electrons. The summed E-state index contributed by atoms with van der Waals surface area (Å²) < 4.78 is 13.8. The number of thiazole rings is 1. The van der Waals surface area contributed by atoms with Crippen LogP contribution in [0.5, 0.6) is 11.5 Å². The number of amides is 1. The number of nitro benzene ring substituents is 1. The number of ether oxygens (including phenoxy) is 2. The summed E-state index contributed by atoms with van der Waals surface area (Å²) in [6, 6.07) is 11.8. The van der Waals surface area contributed by atoms with Crippen LogP contribution in [0.4, 0.5) is 5.69 Å². The van der Waals surface area contributed by atoms with E-state index in [1.165, 1.54) is 23.5 Å². The van der Waals surface area contributed by atoms with E-state index in [1.54, 1.807) is 24.3 Å². The smallest absolute Gasteiger partial charge is 0.292 e. The average molecular weight is 385 g/mol. The summed E-state index contributed by atoms with van der Waals surface area (Å²) in [5.74, 6) is 0.653. The fourth-order valence-electron chi connectivity index (χ4n) is 2.87. The van der Waals surface area contributed by atoms with Gasteiger partial charge in [0.1, 0.15) is 6.61 Å². The van der Waals surface area contributed by atoms with Crippen molar-refractivity contribution in [3.63, 3.8) is 0 Å². The molecule has 3 aromatic rings. The minimum atomic E-state index is -0.829. The van der Waals surface area contributed by atoms with Crippen LogP contribution < -0.4 is 14.3 Å². The number of para-hydroxylation sites is 2. The second-order valence-corrected chi connectivity index (χ2v) is 6.86. The highest BCUT2D eigenvalue weighted by Gasteiger charge is 2.27. The van der Waals surface area contributed by atoms with Crippen molar-refractivity contribution in [2.75, 3.05) is 6.61 Å². The van der Waals surface area contributed by atoms with Crippen LogP contribution in [0.15, 0.2) is 47.5 Å². The zero-order valence-corrected chi connectivity index (χ0v) is 15.1. The average Bonchev–Trinajstić information content (AvgIpc) is 3.03. The highest BCUT2D eigenvalue weighted by molar-refractivity contribution is 7.16. The van der Waals surface area contributed by atoms with Crippen LogP contribution in [-0.4, -0.2) is 28.1 Å². The number of hydrogen-bond acceptors (Lipinski definition) is 6. The van der Waals surface area contributed by atoms with Crippen LogP contribution in [-0.2, 0) is 11.3 Å². The van der Waals surface area contributed by atoms with Gasteiger partial charge in [-0.25, -0.2) is 0 Å². The third kappa shape index (κ3) is 3.17. The van der Waals surface area contributed by atoms with E-state index in [1.807, 2.05) is 17.6 Å². The lowest BCUT2D eigenvalue weighted by Crippen LogP contribution is -2.36. The Balaban J connectivity index is 1.70. The number of carbonyl (C=O) groups is 1. The van der Waals surface area contributed by atoms with Crippen molar-refractivity contribution in [1.29, 1.82) is 0 Å². The summed E-state index contributed by atoms with van der Waals surface area (Å²) in [7, 11) is 0. The number of rotatable bonds is 3. The SMILES string of the molecule is CCn1c(=NC(=O)[C@H]2COc3ccccc3O2)sc2cc([N+](=O)[O-])ccc21. The molecule has 0 N–H and O–H groups in total. The molecule has 0 unspecified atom stereocenters. The Labute approximate surface area is 157 Å². The molecule has 9 heteroatoms. The van der Waals surface area contributed by atoms with E-state index in [4.69, 9.17) is 9.47 Å². The molecule has 1 atom stereocenters. The van der Waals surface area contributed by atoms with Crippen LogP contribution in [0.3, 0.4) is 0 Å². The number of aryl methyl sites for hydroxylation is 1. The molecule has 0 fully saturated rings. The van der Waals surface area contributed by atoms with Crippen LogP contribution in [0.2, 0.25) is 0 Å². The Kier molecular flexibility index (Phi) is 4.36. The van der Waals surface area contributed by atoms with Crippen molar-refractivity contribution >= 4 is 33.1 Å². The highest BCUT2D eigenvalue weighted by Crippen LogP contribution is 2.31. The van der Waals surface area contributed by atoms with Crippen LogP contribution in [0, 0.1) is 10.1 Å². The molecule has 2 heterocycles. The maximum Gasteiger partial charge on any atom is 0.292 e. The molecule has 2 aromatic carbocycles. The van der Waals surface area contributed by atoms with E-state index >= 15 is 0 Å². The van der Waals surface area contributed by atoms with Gasteiger partial charge >= 0.3 is 0 Å². The molecule has 1 aromatic heterocycles. The van der Waals surface area contributed by atoms with Gasteiger partial charge in [-0.3, -0.25) is 14.9 Å². The molecular weight excluding hydrogens is 370 g/mol.